The summed E-state index contributed by atoms with van der Waals surface area (Å²) in [6, 6.07) is 29.1. The van der Waals surface area contributed by atoms with Gasteiger partial charge in [0.25, 0.3) is 5.03 Å². The highest BCUT2D eigenvalue weighted by Crippen LogP contribution is 2.43. The SMILES string of the molecule is CCNC(=O)NCc1ccccc1-c1ccc(C2OC(CSc3cccc[n+]3[O-])C(C)C(c3ccc(CO)cc3)O2)cc1. The van der Waals surface area contributed by atoms with Crippen molar-refractivity contribution < 1.29 is 24.1 Å². The van der Waals surface area contributed by atoms with Crippen LogP contribution < -0.4 is 15.4 Å². The van der Waals surface area contributed by atoms with Crippen molar-refractivity contribution in [3.8, 4) is 11.1 Å². The highest BCUT2D eigenvalue weighted by Gasteiger charge is 2.38. The quantitative estimate of drug-likeness (QED) is 0.119. The fraction of sp³-hybridized carbons (Fsp3) is 0.294. The number of amides is 2. The van der Waals surface area contributed by atoms with E-state index in [1.54, 1.807) is 6.07 Å². The van der Waals surface area contributed by atoms with E-state index in [0.29, 0.717) is 23.9 Å². The monoisotopic (exact) mass is 599 g/mol. The minimum Gasteiger partial charge on any atom is -0.618 e. The summed E-state index contributed by atoms with van der Waals surface area (Å²) >= 11 is 1.47. The lowest BCUT2D eigenvalue weighted by atomic mass is 9.91. The molecule has 5 rings (SSSR count). The minimum absolute atomic E-state index is 0.0103. The van der Waals surface area contributed by atoms with Crippen LogP contribution in [0.1, 0.15) is 48.5 Å². The molecule has 1 aliphatic heterocycles. The molecule has 8 nitrogen and oxygen atoms in total. The number of benzene rings is 3. The van der Waals surface area contributed by atoms with Crippen LogP contribution in [0.25, 0.3) is 11.1 Å². The number of carbonyl (C=O) groups is 1. The van der Waals surface area contributed by atoms with Crippen LogP contribution in [0.2, 0.25) is 0 Å². The zero-order valence-corrected chi connectivity index (χ0v) is 25.1. The van der Waals surface area contributed by atoms with Crippen LogP contribution in [0.15, 0.2) is 102 Å². The first-order valence-corrected chi connectivity index (χ1v) is 15.5. The molecule has 224 valence electrons. The summed E-state index contributed by atoms with van der Waals surface area (Å²) < 4.78 is 14.0. The average molecular weight is 600 g/mol. The third-order valence-corrected chi connectivity index (χ3v) is 8.70. The summed E-state index contributed by atoms with van der Waals surface area (Å²) in [6.45, 7) is 4.96. The number of aliphatic hydroxyl groups is 1. The van der Waals surface area contributed by atoms with Crippen molar-refractivity contribution in [1.82, 2.24) is 10.6 Å². The van der Waals surface area contributed by atoms with Crippen molar-refractivity contribution in [1.29, 1.82) is 0 Å². The Balaban J connectivity index is 1.37. The molecule has 4 unspecified atom stereocenters. The Hall–Kier alpha value is -3.89. The molecule has 1 aromatic heterocycles. The average Bonchev–Trinajstić information content (AvgIpc) is 3.04. The van der Waals surface area contributed by atoms with E-state index in [9.17, 15) is 15.1 Å². The van der Waals surface area contributed by atoms with Gasteiger partial charge in [-0.05, 0) is 40.8 Å². The third kappa shape index (κ3) is 7.55. The fourth-order valence-corrected chi connectivity index (χ4v) is 6.26. The van der Waals surface area contributed by atoms with Gasteiger partial charge in [0.1, 0.15) is 0 Å². The summed E-state index contributed by atoms with van der Waals surface area (Å²) in [4.78, 5) is 12.0. The highest BCUT2D eigenvalue weighted by atomic mass is 32.2. The molecule has 3 aromatic carbocycles. The topological polar surface area (TPSA) is 107 Å². The lowest BCUT2D eigenvalue weighted by Crippen LogP contribution is -2.39. The second-order valence-corrected chi connectivity index (χ2v) is 11.5. The van der Waals surface area contributed by atoms with E-state index in [-0.39, 0.29) is 30.8 Å². The summed E-state index contributed by atoms with van der Waals surface area (Å²) in [5, 5.41) is 28.1. The summed E-state index contributed by atoms with van der Waals surface area (Å²) in [7, 11) is 0. The predicted molar refractivity (Wildman–Crippen MR) is 167 cm³/mol. The Labute approximate surface area is 256 Å². The van der Waals surface area contributed by atoms with Crippen molar-refractivity contribution >= 4 is 17.8 Å². The maximum absolute atomic E-state index is 12.3. The lowest BCUT2D eigenvalue weighted by molar-refractivity contribution is -0.645. The van der Waals surface area contributed by atoms with Gasteiger partial charge in [-0.1, -0.05) is 91.5 Å². The predicted octanol–water partition coefficient (Wildman–Crippen LogP) is 5.88. The number of aromatic nitrogens is 1. The van der Waals surface area contributed by atoms with Crippen LogP contribution in [0.5, 0.6) is 0 Å². The number of urea groups is 1. The van der Waals surface area contributed by atoms with E-state index >= 15 is 0 Å². The van der Waals surface area contributed by atoms with Gasteiger partial charge in [0.2, 0.25) is 0 Å². The van der Waals surface area contributed by atoms with Crippen molar-refractivity contribution in [2.24, 2.45) is 5.92 Å². The number of ether oxygens (including phenoxy) is 2. The second kappa shape index (κ2) is 14.5. The van der Waals surface area contributed by atoms with Gasteiger partial charge in [-0.3, -0.25) is 0 Å². The van der Waals surface area contributed by atoms with E-state index in [4.69, 9.17) is 9.47 Å². The number of thioether (sulfide) groups is 1. The van der Waals surface area contributed by atoms with Crippen LogP contribution in [0, 0.1) is 11.1 Å². The van der Waals surface area contributed by atoms with Gasteiger partial charge in [0.15, 0.2) is 12.5 Å². The second-order valence-electron chi connectivity index (χ2n) is 10.5. The van der Waals surface area contributed by atoms with Crippen LogP contribution in [-0.2, 0) is 22.6 Å². The maximum Gasteiger partial charge on any atom is 0.315 e. The van der Waals surface area contributed by atoms with Crippen LogP contribution in [-0.4, -0.2) is 29.5 Å². The molecule has 2 heterocycles. The van der Waals surface area contributed by atoms with Crippen LogP contribution >= 0.6 is 11.8 Å². The van der Waals surface area contributed by atoms with Gasteiger partial charge in [0, 0.05) is 42.5 Å². The molecule has 1 fully saturated rings. The number of hydrogen-bond acceptors (Lipinski definition) is 6. The molecule has 0 saturated carbocycles. The van der Waals surface area contributed by atoms with E-state index in [1.807, 2.05) is 91.9 Å². The third-order valence-electron chi connectivity index (χ3n) is 7.60. The molecule has 2 amide bonds. The molecule has 0 spiro atoms. The molecular weight excluding hydrogens is 562 g/mol. The Morgan fingerprint density at radius 3 is 2.37 bits per heavy atom. The molecule has 9 heteroatoms. The molecule has 0 bridgehead atoms. The van der Waals surface area contributed by atoms with Crippen molar-refractivity contribution in [2.75, 3.05) is 12.3 Å². The largest absolute Gasteiger partial charge is 0.618 e. The zero-order valence-electron chi connectivity index (χ0n) is 24.3. The molecule has 43 heavy (non-hydrogen) atoms. The number of rotatable bonds is 10. The Morgan fingerprint density at radius 1 is 0.930 bits per heavy atom. The molecule has 3 N–H and O–H groups in total. The highest BCUT2D eigenvalue weighted by molar-refractivity contribution is 7.99. The van der Waals surface area contributed by atoms with Gasteiger partial charge in [-0.2, -0.15) is 4.73 Å². The number of carbonyl (C=O) groups excluding carboxylic acids is 1. The Morgan fingerprint density at radius 2 is 1.65 bits per heavy atom. The molecule has 1 saturated heterocycles. The first kappa shape index (κ1) is 30.6. The molecule has 0 radical (unpaired) electrons. The van der Waals surface area contributed by atoms with Gasteiger partial charge in [-0.15, -0.1) is 0 Å². The van der Waals surface area contributed by atoms with E-state index in [2.05, 4.69) is 17.6 Å². The van der Waals surface area contributed by atoms with Crippen molar-refractivity contribution in [3.05, 3.63) is 125 Å². The van der Waals surface area contributed by atoms with E-state index in [0.717, 1.165) is 38.1 Å². The Bertz CT molecular complexity index is 1500. The maximum atomic E-state index is 12.3. The number of pyridine rings is 1. The zero-order chi connectivity index (χ0) is 30.2. The van der Waals surface area contributed by atoms with Crippen molar-refractivity contribution in [2.45, 2.75) is 50.5 Å². The molecular formula is C34H37N3O5S. The number of nitrogens with one attached hydrogen (secondary N) is 2. The normalized spacial score (nSPS) is 20.0. The van der Waals surface area contributed by atoms with Crippen molar-refractivity contribution in [3.63, 3.8) is 0 Å². The molecule has 4 atom stereocenters. The number of aliphatic hydroxyl groups excluding tert-OH is 1. The molecule has 0 aliphatic carbocycles. The number of hydrogen-bond donors (Lipinski definition) is 3. The smallest absolute Gasteiger partial charge is 0.315 e. The van der Waals surface area contributed by atoms with E-state index < -0.39 is 6.29 Å². The van der Waals surface area contributed by atoms with Crippen LogP contribution in [0.4, 0.5) is 4.79 Å². The minimum atomic E-state index is -0.608. The summed E-state index contributed by atoms with van der Waals surface area (Å²) in [5.74, 6) is 0.596. The molecule has 1 aliphatic rings. The lowest BCUT2D eigenvalue weighted by Gasteiger charge is -2.41. The number of nitrogens with zero attached hydrogens (tertiary/aromatic N) is 1. The summed E-state index contributed by atoms with van der Waals surface area (Å²) in [6.07, 6.45) is 0.462. The van der Waals surface area contributed by atoms with Gasteiger partial charge in [-0.25, -0.2) is 4.79 Å². The first-order valence-electron chi connectivity index (χ1n) is 14.5. The van der Waals surface area contributed by atoms with Gasteiger partial charge >= 0.3 is 6.03 Å². The fourth-order valence-electron chi connectivity index (χ4n) is 5.18. The van der Waals surface area contributed by atoms with Gasteiger partial charge in [0.05, 0.1) is 18.8 Å². The van der Waals surface area contributed by atoms with Gasteiger partial charge < -0.3 is 30.4 Å². The van der Waals surface area contributed by atoms with E-state index in [1.165, 1.54) is 18.0 Å². The summed E-state index contributed by atoms with van der Waals surface area (Å²) in [5.41, 5.74) is 5.81. The standard InChI is InChI=1S/C34H37N3O5S/c1-3-35-34(39)36-20-28-8-4-5-9-29(28)25-15-17-27(18-16-25)33-41-30(22-43-31-10-6-7-19-37(31)40)23(2)32(42-33)26-13-11-24(21-38)12-14-26/h4-19,23,30,32-33,38H,3,20-22H2,1-2H3,(H2,35,36,39). The first-order chi connectivity index (χ1) is 21.0. The Kier molecular flexibility index (Phi) is 10.3. The molecule has 4 aromatic rings. The van der Waals surface area contributed by atoms with Crippen LogP contribution in [0.3, 0.4) is 0 Å².